The summed E-state index contributed by atoms with van der Waals surface area (Å²) in [6.45, 7) is 4.67. The number of amides is 2. The minimum atomic E-state index is -1.03. The van der Waals surface area contributed by atoms with Crippen molar-refractivity contribution in [1.82, 2.24) is 5.32 Å². The normalized spacial score (nSPS) is 11.7. The molecule has 1 aromatic rings. The Morgan fingerprint density at radius 2 is 1.85 bits per heavy atom. The number of nitrogens with zero attached hydrogens (tertiary/aromatic N) is 1. The Hall–Kier alpha value is -2.79. The molecule has 146 valence electrons. The van der Waals surface area contributed by atoms with Crippen LogP contribution in [-0.4, -0.2) is 42.1 Å². The molecule has 0 aliphatic rings. The summed E-state index contributed by atoms with van der Waals surface area (Å²) in [6.07, 6.45) is -0.653. The lowest BCUT2D eigenvalue weighted by Gasteiger charge is -2.22. The van der Waals surface area contributed by atoms with Gasteiger partial charge in [-0.2, -0.15) is 5.26 Å². The molecule has 0 saturated carbocycles. The molecule has 1 aromatic carbocycles. The summed E-state index contributed by atoms with van der Waals surface area (Å²) in [5, 5.41) is 13.6. The van der Waals surface area contributed by atoms with E-state index in [-0.39, 0.29) is 18.2 Å². The minimum absolute atomic E-state index is 0.118. The summed E-state index contributed by atoms with van der Waals surface area (Å²) < 4.78 is 9.96. The maximum Gasteiger partial charge on any atom is 0.408 e. The number of ether oxygens (including phenoxy) is 2. The number of esters is 1. The average molecular weight is 396 g/mol. The third kappa shape index (κ3) is 8.92. The maximum absolute atomic E-state index is 12.1. The summed E-state index contributed by atoms with van der Waals surface area (Å²) in [4.78, 5) is 35.4. The van der Waals surface area contributed by atoms with Crippen LogP contribution in [0.3, 0.4) is 0 Å². The number of nitriles is 1. The largest absolute Gasteiger partial charge is 0.449 e. The van der Waals surface area contributed by atoms with Crippen LogP contribution in [0.25, 0.3) is 0 Å². The van der Waals surface area contributed by atoms with Gasteiger partial charge in [-0.1, -0.05) is 12.1 Å². The SMILES string of the molecule is CC(C)(C)OC(=O)N[C@@H](Cc1ccc(NC(=O)CCl)cc1)C(=O)OCC#N. The molecule has 0 aliphatic heterocycles. The minimum Gasteiger partial charge on any atom is -0.449 e. The van der Waals surface area contributed by atoms with Crippen LogP contribution in [0, 0.1) is 11.3 Å². The van der Waals surface area contributed by atoms with Crippen LogP contribution in [-0.2, 0) is 25.5 Å². The number of benzene rings is 1. The highest BCUT2D eigenvalue weighted by Crippen LogP contribution is 2.13. The monoisotopic (exact) mass is 395 g/mol. The molecular weight excluding hydrogens is 374 g/mol. The van der Waals surface area contributed by atoms with Gasteiger partial charge in [0.25, 0.3) is 0 Å². The van der Waals surface area contributed by atoms with Crippen molar-refractivity contribution in [2.45, 2.75) is 38.8 Å². The first kappa shape index (κ1) is 22.3. The maximum atomic E-state index is 12.1. The molecule has 0 aliphatic carbocycles. The van der Waals surface area contributed by atoms with E-state index < -0.39 is 30.3 Å². The van der Waals surface area contributed by atoms with Gasteiger partial charge in [0.1, 0.15) is 23.6 Å². The first-order valence-electron chi connectivity index (χ1n) is 8.12. The topological polar surface area (TPSA) is 118 Å². The number of alkyl carbamates (subject to hydrolysis) is 1. The second kappa shape index (κ2) is 10.4. The summed E-state index contributed by atoms with van der Waals surface area (Å²) in [5.41, 5.74) is 0.523. The lowest BCUT2D eigenvalue weighted by Crippen LogP contribution is -2.45. The fourth-order valence-electron chi connectivity index (χ4n) is 2.00. The lowest BCUT2D eigenvalue weighted by molar-refractivity contribution is -0.144. The summed E-state index contributed by atoms with van der Waals surface area (Å²) >= 11 is 5.43. The number of alkyl halides is 1. The third-order valence-corrected chi connectivity index (χ3v) is 3.30. The molecule has 0 radical (unpaired) electrons. The molecule has 8 nitrogen and oxygen atoms in total. The van der Waals surface area contributed by atoms with Crippen molar-refractivity contribution in [3.8, 4) is 6.07 Å². The van der Waals surface area contributed by atoms with Crippen LogP contribution in [0.4, 0.5) is 10.5 Å². The van der Waals surface area contributed by atoms with Gasteiger partial charge >= 0.3 is 12.1 Å². The van der Waals surface area contributed by atoms with Gasteiger partial charge in [0.2, 0.25) is 5.91 Å². The summed E-state index contributed by atoms with van der Waals surface area (Å²) in [7, 11) is 0. The standard InChI is InChI=1S/C18H22ClN3O5/c1-18(2,3)27-17(25)22-14(16(24)26-9-8-20)10-12-4-6-13(7-5-12)21-15(23)11-19/h4-7,14H,9-11H2,1-3H3,(H,21,23)(H,22,25)/t14-/m0/s1. The molecule has 0 aromatic heterocycles. The first-order chi connectivity index (χ1) is 12.6. The molecule has 1 rings (SSSR count). The Bertz CT molecular complexity index is 707. The highest BCUT2D eigenvalue weighted by Gasteiger charge is 2.26. The van der Waals surface area contributed by atoms with Gasteiger partial charge in [0.05, 0.1) is 0 Å². The van der Waals surface area contributed by atoms with E-state index in [1.165, 1.54) is 0 Å². The number of halogens is 1. The average Bonchev–Trinajstić information content (AvgIpc) is 2.58. The van der Waals surface area contributed by atoms with E-state index >= 15 is 0 Å². The van der Waals surface area contributed by atoms with Crippen molar-refractivity contribution in [1.29, 1.82) is 5.26 Å². The van der Waals surface area contributed by atoms with Gasteiger partial charge in [0.15, 0.2) is 6.61 Å². The van der Waals surface area contributed by atoms with Gasteiger partial charge in [-0.15, -0.1) is 11.6 Å². The molecule has 1 atom stereocenters. The van der Waals surface area contributed by atoms with Crippen LogP contribution >= 0.6 is 11.6 Å². The molecule has 0 spiro atoms. The Morgan fingerprint density at radius 3 is 2.37 bits per heavy atom. The number of rotatable bonds is 7. The molecule has 0 unspecified atom stereocenters. The van der Waals surface area contributed by atoms with Crippen LogP contribution in [0.5, 0.6) is 0 Å². The predicted molar refractivity (Wildman–Crippen MR) is 99.2 cm³/mol. The zero-order chi connectivity index (χ0) is 20.4. The molecule has 0 saturated heterocycles. The highest BCUT2D eigenvalue weighted by atomic mass is 35.5. The van der Waals surface area contributed by atoms with Gasteiger partial charge in [-0.25, -0.2) is 9.59 Å². The van der Waals surface area contributed by atoms with Crippen LogP contribution in [0.15, 0.2) is 24.3 Å². The van der Waals surface area contributed by atoms with Crippen molar-refractivity contribution < 1.29 is 23.9 Å². The van der Waals surface area contributed by atoms with Crippen LogP contribution in [0.2, 0.25) is 0 Å². The second-order valence-corrected chi connectivity index (χ2v) is 6.81. The van der Waals surface area contributed by atoms with E-state index in [2.05, 4.69) is 10.6 Å². The second-order valence-electron chi connectivity index (χ2n) is 6.55. The van der Waals surface area contributed by atoms with E-state index in [4.69, 9.17) is 26.3 Å². The number of anilines is 1. The number of carbonyl (C=O) groups excluding carboxylic acids is 3. The lowest BCUT2D eigenvalue weighted by atomic mass is 10.1. The van der Waals surface area contributed by atoms with E-state index in [0.29, 0.717) is 11.3 Å². The predicted octanol–water partition coefficient (Wildman–Crippen LogP) is 2.37. The molecule has 0 bridgehead atoms. The summed E-state index contributed by atoms with van der Waals surface area (Å²) in [5.74, 6) is -1.25. The zero-order valence-electron chi connectivity index (χ0n) is 15.4. The third-order valence-electron chi connectivity index (χ3n) is 3.05. The van der Waals surface area contributed by atoms with Crippen LogP contribution < -0.4 is 10.6 Å². The van der Waals surface area contributed by atoms with E-state index in [9.17, 15) is 14.4 Å². The first-order valence-corrected chi connectivity index (χ1v) is 8.66. The van der Waals surface area contributed by atoms with Gasteiger partial charge < -0.3 is 20.1 Å². The Kier molecular flexibility index (Phi) is 8.56. The Morgan fingerprint density at radius 1 is 1.22 bits per heavy atom. The number of carbonyl (C=O) groups is 3. The van der Waals surface area contributed by atoms with Crippen LogP contribution in [0.1, 0.15) is 26.3 Å². The van der Waals surface area contributed by atoms with E-state index in [1.807, 2.05) is 0 Å². The molecule has 2 N–H and O–H groups in total. The Balaban J connectivity index is 2.83. The van der Waals surface area contributed by atoms with Gasteiger partial charge in [-0.3, -0.25) is 4.79 Å². The van der Waals surface area contributed by atoms with E-state index in [1.54, 1.807) is 51.1 Å². The molecule has 0 fully saturated rings. The summed E-state index contributed by atoms with van der Waals surface area (Å²) in [6, 6.07) is 7.33. The van der Waals surface area contributed by atoms with Crippen molar-refractivity contribution in [2.75, 3.05) is 17.8 Å². The van der Waals surface area contributed by atoms with Crippen molar-refractivity contribution in [3.05, 3.63) is 29.8 Å². The molecule has 2 amide bonds. The highest BCUT2D eigenvalue weighted by molar-refractivity contribution is 6.29. The van der Waals surface area contributed by atoms with Crippen molar-refractivity contribution in [3.63, 3.8) is 0 Å². The van der Waals surface area contributed by atoms with Crippen molar-refractivity contribution in [2.24, 2.45) is 0 Å². The molecule has 27 heavy (non-hydrogen) atoms. The molecule has 9 heteroatoms. The quantitative estimate of drug-likeness (QED) is 0.540. The smallest absolute Gasteiger partial charge is 0.408 e. The Labute approximate surface area is 162 Å². The number of hydrogen-bond acceptors (Lipinski definition) is 6. The van der Waals surface area contributed by atoms with Gasteiger partial charge in [0, 0.05) is 12.1 Å². The fraction of sp³-hybridized carbons (Fsp3) is 0.444. The molecular formula is C18H22ClN3O5. The fourth-order valence-corrected chi connectivity index (χ4v) is 2.07. The van der Waals surface area contributed by atoms with E-state index in [0.717, 1.165) is 0 Å². The molecule has 0 heterocycles. The number of hydrogen-bond donors (Lipinski definition) is 2. The van der Waals surface area contributed by atoms with Gasteiger partial charge in [-0.05, 0) is 38.5 Å². The zero-order valence-corrected chi connectivity index (χ0v) is 16.1. The number of nitrogens with one attached hydrogen (secondary N) is 2. The van der Waals surface area contributed by atoms with Crippen molar-refractivity contribution >= 4 is 35.3 Å².